The molecule has 0 saturated carbocycles. The number of carbonyl (C=O) groups excluding carboxylic acids is 3. The van der Waals surface area contributed by atoms with Crippen molar-refractivity contribution in [2.45, 2.75) is 66.2 Å². The normalized spacial score (nSPS) is 12.9. The summed E-state index contributed by atoms with van der Waals surface area (Å²) in [7, 11) is 0. The van der Waals surface area contributed by atoms with Crippen molar-refractivity contribution in [3.63, 3.8) is 0 Å². The highest BCUT2D eigenvalue weighted by molar-refractivity contribution is 7.80. The largest absolute Gasteiger partial charge is 0.444 e. The number of amides is 3. The van der Waals surface area contributed by atoms with Gasteiger partial charge in [0.2, 0.25) is 5.91 Å². The number of ether oxygens (including phenoxy) is 1. The summed E-state index contributed by atoms with van der Waals surface area (Å²) in [4.78, 5) is 41.2. The highest BCUT2D eigenvalue weighted by atomic mass is 32.1. The molecule has 35 heavy (non-hydrogen) atoms. The minimum Gasteiger partial charge on any atom is -0.444 e. The van der Waals surface area contributed by atoms with E-state index in [1.54, 1.807) is 27.7 Å². The molecule has 8 heteroatoms. The number of nitrogens with one attached hydrogen (secondary N) is 2. The van der Waals surface area contributed by atoms with E-state index in [1.807, 2.05) is 63.2 Å². The van der Waals surface area contributed by atoms with Crippen molar-refractivity contribution in [2.24, 2.45) is 0 Å². The van der Waals surface area contributed by atoms with Crippen molar-refractivity contribution in [1.82, 2.24) is 10.2 Å². The first kappa shape index (κ1) is 28.2. The molecule has 2 aromatic rings. The zero-order valence-electron chi connectivity index (χ0n) is 21.6. The summed E-state index contributed by atoms with van der Waals surface area (Å²) >= 11 is 4.29. The van der Waals surface area contributed by atoms with E-state index in [9.17, 15) is 14.4 Å². The van der Waals surface area contributed by atoms with Crippen LogP contribution in [-0.2, 0) is 14.3 Å². The third-order valence-corrected chi connectivity index (χ3v) is 6.06. The minimum atomic E-state index is -0.966. The van der Waals surface area contributed by atoms with Crippen molar-refractivity contribution in [2.75, 3.05) is 17.6 Å². The van der Waals surface area contributed by atoms with Crippen LogP contribution in [0, 0.1) is 20.8 Å². The van der Waals surface area contributed by atoms with Gasteiger partial charge < -0.3 is 20.3 Å². The average molecular weight is 500 g/mol. The van der Waals surface area contributed by atoms with Gasteiger partial charge in [0.1, 0.15) is 17.7 Å². The fourth-order valence-corrected chi connectivity index (χ4v) is 3.98. The lowest BCUT2D eigenvalue weighted by molar-refractivity contribution is -0.140. The van der Waals surface area contributed by atoms with Crippen LogP contribution in [-0.4, -0.2) is 46.7 Å². The maximum absolute atomic E-state index is 13.7. The second-order valence-corrected chi connectivity index (χ2v) is 9.87. The molecule has 2 rings (SSSR count). The number of likely N-dealkylation sites (N-methyl/N-ethyl adjacent to an activating group) is 1. The monoisotopic (exact) mass is 499 g/mol. The van der Waals surface area contributed by atoms with Crippen LogP contribution in [0.2, 0.25) is 0 Å². The van der Waals surface area contributed by atoms with E-state index in [2.05, 4.69) is 23.3 Å². The molecule has 0 aromatic heterocycles. The Morgan fingerprint density at radius 1 is 1.00 bits per heavy atom. The highest BCUT2D eigenvalue weighted by Crippen LogP contribution is 2.29. The highest BCUT2D eigenvalue weighted by Gasteiger charge is 2.36. The summed E-state index contributed by atoms with van der Waals surface area (Å²) in [5.74, 6) is -0.703. The Bertz CT molecular complexity index is 1060. The van der Waals surface area contributed by atoms with Crippen molar-refractivity contribution in [3.05, 3.63) is 64.7 Å². The third-order valence-electron chi connectivity index (χ3n) is 5.70. The molecule has 0 aliphatic carbocycles. The molecule has 0 saturated heterocycles. The number of para-hydroxylation sites is 1. The predicted molar refractivity (Wildman–Crippen MR) is 143 cm³/mol. The summed E-state index contributed by atoms with van der Waals surface area (Å²) in [5, 5.41) is 5.60. The van der Waals surface area contributed by atoms with Crippen molar-refractivity contribution in [1.29, 1.82) is 0 Å². The number of rotatable bonds is 8. The SMILES string of the molecule is CCN(C(=O)C(CS)NC(=O)OC(C)(C)C)C(C(=O)Nc1ccccc1C)c1cccc(C)c1C. The van der Waals surface area contributed by atoms with E-state index >= 15 is 0 Å². The molecular formula is C27H37N3O4S. The van der Waals surface area contributed by atoms with E-state index in [0.717, 1.165) is 22.3 Å². The fourth-order valence-electron chi connectivity index (χ4n) is 3.74. The molecular weight excluding hydrogens is 462 g/mol. The summed E-state index contributed by atoms with van der Waals surface area (Å²) in [6.07, 6.45) is -0.714. The number of aryl methyl sites for hydroxylation is 2. The smallest absolute Gasteiger partial charge is 0.408 e. The van der Waals surface area contributed by atoms with Crippen LogP contribution in [0.25, 0.3) is 0 Å². The first-order valence-corrected chi connectivity index (χ1v) is 12.4. The number of thiol groups is 1. The van der Waals surface area contributed by atoms with Crippen molar-refractivity contribution >= 4 is 36.2 Å². The lowest BCUT2D eigenvalue weighted by Gasteiger charge is -2.34. The molecule has 0 heterocycles. The first-order valence-electron chi connectivity index (χ1n) is 11.7. The number of anilines is 1. The van der Waals surface area contributed by atoms with Gasteiger partial charge in [-0.3, -0.25) is 9.59 Å². The Balaban J connectivity index is 2.46. The van der Waals surface area contributed by atoms with Gasteiger partial charge in [0.05, 0.1) is 0 Å². The zero-order valence-corrected chi connectivity index (χ0v) is 22.5. The number of hydrogen-bond acceptors (Lipinski definition) is 5. The van der Waals surface area contributed by atoms with Gasteiger partial charge in [-0.25, -0.2) is 4.79 Å². The van der Waals surface area contributed by atoms with Gasteiger partial charge >= 0.3 is 6.09 Å². The maximum Gasteiger partial charge on any atom is 0.408 e. The fraction of sp³-hybridized carbons (Fsp3) is 0.444. The van der Waals surface area contributed by atoms with Gasteiger partial charge in [-0.2, -0.15) is 12.6 Å². The quantitative estimate of drug-likeness (QED) is 0.448. The van der Waals surface area contributed by atoms with Crippen molar-refractivity contribution in [3.8, 4) is 0 Å². The van der Waals surface area contributed by atoms with Gasteiger partial charge in [-0.05, 0) is 76.8 Å². The minimum absolute atomic E-state index is 0.0491. The molecule has 0 radical (unpaired) electrons. The number of carbonyl (C=O) groups is 3. The van der Waals surface area contributed by atoms with E-state index < -0.39 is 29.7 Å². The molecule has 0 aliphatic heterocycles. The Labute approximate surface area is 214 Å². The molecule has 0 fully saturated rings. The topological polar surface area (TPSA) is 87.7 Å². The number of nitrogens with zero attached hydrogens (tertiary/aromatic N) is 1. The van der Waals surface area contributed by atoms with Crippen LogP contribution < -0.4 is 10.6 Å². The summed E-state index contributed by atoms with van der Waals surface area (Å²) in [6, 6.07) is 11.3. The van der Waals surface area contributed by atoms with Crippen molar-refractivity contribution < 1.29 is 19.1 Å². The van der Waals surface area contributed by atoms with Gasteiger partial charge in [0, 0.05) is 18.0 Å². The molecule has 2 unspecified atom stereocenters. The van der Waals surface area contributed by atoms with Crippen LogP contribution >= 0.6 is 12.6 Å². The number of alkyl carbamates (subject to hydrolysis) is 1. The second-order valence-electron chi connectivity index (χ2n) is 9.50. The number of hydrogen-bond donors (Lipinski definition) is 3. The molecule has 2 aromatic carbocycles. The van der Waals surface area contributed by atoms with Crippen LogP contribution in [0.15, 0.2) is 42.5 Å². The van der Waals surface area contributed by atoms with Crippen LogP contribution in [0.5, 0.6) is 0 Å². The lowest BCUT2D eigenvalue weighted by Crippen LogP contribution is -2.53. The van der Waals surface area contributed by atoms with Gasteiger partial charge in [-0.1, -0.05) is 36.4 Å². The lowest BCUT2D eigenvalue weighted by atomic mass is 9.95. The predicted octanol–water partition coefficient (Wildman–Crippen LogP) is 4.96. The molecule has 0 bridgehead atoms. The Morgan fingerprint density at radius 2 is 1.63 bits per heavy atom. The van der Waals surface area contributed by atoms with Crippen LogP contribution in [0.4, 0.5) is 10.5 Å². The van der Waals surface area contributed by atoms with Gasteiger partial charge in [0.25, 0.3) is 5.91 Å². The maximum atomic E-state index is 13.7. The van der Waals surface area contributed by atoms with E-state index in [4.69, 9.17) is 4.74 Å². The Morgan fingerprint density at radius 3 is 2.20 bits per heavy atom. The number of benzene rings is 2. The van der Waals surface area contributed by atoms with Crippen LogP contribution in [0.3, 0.4) is 0 Å². The standard InChI is InChI=1S/C27H37N3O4S/c1-8-30(25(32)22(16-35)29-26(33)34-27(5,6)7)23(20-14-11-13-17(2)19(20)4)24(31)28-21-15-10-9-12-18(21)3/h9-15,22-23,35H,8,16H2,1-7H3,(H,28,31)(H,29,33). The summed E-state index contributed by atoms with van der Waals surface area (Å²) in [6.45, 7) is 13.1. The molecule has 0 spiro atoms. The Hall–Kier alpha value is -3.00. The first-order chi connectivity index (χ1) is 16.4. The zero-order chi connectivity index (χ0) is 26.3. The van der Waals surface area contributed by atoms with Crippen LogP contribution in [0.1, 0.15) is 56.0 Å². The average Bonchev–Trinajstić information content (AvgIpc) is 2.78. The second kappa shape index (κ2) is 12.1. The third kappa shape index (κ3) is 7.49. The van der Waals surface area contributed by atoms with E-state index in [1.165, 1.54) is 4.90 Å². The molecule has 3 amide bonds. The summed E-state index contributed by atoms with van der Waals surface area (Å²) in [5.41, 5.74) is 3.53. The van der Waals surface area contributed by atoms with E-state index in [0.29, 0.717) is 5.69 Å². The van der Waals surface area contributed by atoms with Gasteiger partial charge in [-0.15, -0.1) is 0 Å². The molecule has 190 valence electrons. The molecule has 0 aliphatic rings. The molecule has 2 N–H and O–H groups in total. The Kier molecular flexibility index (Phi) is 9.77. The van der Waals surface area contributed by atoms with Gasteiger partial charge in [0.15, 0.2) is 0 Å². The molecule has 2 atom stereocenters. The summed E-state index contributed by atoms with van der Waals surface area (Å²) < 4.78 is 5.32. The molecule has 7 nitrogen and oxygen atoms in total. The van der Waals surface area contributed by atoms with E-state index in [-0.39, 0.29) is 18.2 Å².